The molecule has 21 heavy (non-hydrogen) atoms. The first-order valence-electron chi connectivity index (χ1n) is 6.84. The molecule has 1 amide bonds. The van der Waals surface area contributed by atoms with Gasteiger partial charge >= 0.3 is 5.97 Å². The third-order valence-corrected chi connectivity index (χ3v) is 2.92. The number of ether oxygens (including phenoxy) is 1. The number of carbonyl (C=O) groups excluding carboxylic acids is 2. The Bertz CT molecular complexity index is 495. The molecule has 0 saturated carbocycles. The lowest BCUT2D eigenvalue weighted by molar-refractivity contribution is -0.143. The molecule has 0 aliphatic heterocycles. The van der Waals surface area contributed by atoms with Crippen LogP contribution in [0, 0.1) is 5.92 Å². The molecule has 0 unspecified atom stereocenters. The molecular formula is C16H20ClNO3. The minimum atomic E-state index is -0.552. The number of amides is 1. The molecule has 114 valence electrons. The van der Waals surface area contributed by atoms with Crippen LogP contribution in [0.1, 0.15) is 25.8 Å². The molecule has 0 bridgehead atoms. The van der Waals surface area contributed by atoms with E-state index in [4.69, 9.17) is 16.3 Å². The largest absolute Gasteiger partial charge is 0.452 e. The van der Waals surface area contributed by atoms with Crippen molar-refractivity contribution in [3.05, 3.63) is 40.9 Å². The van der Waals surface area contributed by atoms with Gasteiger partial charge in [0.15, 0.2) is 6.61 Å². The monoisotopic (exact) mass is 309 g/mol. The number of benzene rings is 1. The molecule has 1 rings (SSSR count). The van der Waals surface area contributed by atoms with Crippen LogP contribution in [-0.2, 0) is 14.3 Å². The highest BCUT2D eigenvalue weighted by Gasteiger charge is 2.04. The maximum absolute atomic E-state index is 11.5. The van der Waals surface area contributed by atoms with Gasteiger partial charge in [0.1, 0.15) is 0 Å². The summed E-state index contributed by atoms with van der Waals surface area (Å²) in [6.45, 7) is 4.48. The number of carbonyl (C=O) groups is 2. The van der Waals surface area contributed by atoms with Crippen LogP contribution in [0.2, 0.25) is 5.02 Å². The zero-order valence-corrected chi connectivity index (χ0v) is 13.0. The van der Waals surface area contributed by atoms with Crippen LogP contribution in [-0.4, -0.2) is 25.0 Å². The number of halogens is 1. The second-order valence-electron chi connectivity index (χ2n) is 5.03. The van der Waals surface area contributed by atoms with Crippen LogP contribution in [0.15, 0.2) is 30.3 Å². The summed E-state index contributed by atoms with van der Waals surface area (Å²) in [4.78, 5) is 22.9. The third-order valence-electron chi connectivity index (χ3n) is 2.67. The molecule has 1 aromatic carbocycles. The van der Waals surface area contributed by atoms with Gasteiger partial charge in [-0.2, -0.15) is 0 Å². The first-order chi connectivity index (χ1) is 9.97. The SMILES string of the molecule is CC(C)CCNC(=O)COC(=O)/C=C/c1ccc(Cl)cc1. The zero-order chi connectivity index (χ0) is 15.7. The number of rotatable bonds is 7. The molecule has 0 spiro atoms. The van der Waals surface area contributed by atoms with Gasteiger partial charge < -0.3 is 10.1 Å². The van der Waals surface area contributed by atoms with E-state index in [-0.39, 0.29) is 12.5 Å². The van der Waals surface area contributed by atoms with Gasteiger partial charge in [0, 0.05) is 17.6 Å². The second kappa shape index (κ2) is 9.19. The van der Waals surface area contributed by atoms with Gasteiger partial charge in [-0.15, -0.1) is 0 Å². The Morgan fingerprint density at radius 1 is 1.29 bits per heavy atom. The van der Waals surface area contributed by atoms with Gasteiger partial charge in [0.05, 0.1) is 0 Å². The van der Waals surface area contributed by atoms with Crippen LogP contribution in [0.4, 0.5) is 0 Å². The lowest BCUT2D eigenvalue weighted by Crippen LogP contribution is -2.29. The van der Waals surface area contributed by atoms with E-state index >= 15 is 0 Å². The predicted octanol–water partition coefficient (Wildman–Crippen LogP) is 3.06. The van der Waals surface area contributed by atoms with Crippen molar-refractivity contribution >= 4 is 29.6 Å². The normalized spacial score (nSPS) is 10.9. The first-order valence-corrected chi connectivity index (χ1v) is 7.22. The smallest absolute Gasteiger partial charge is 0.331 e. The quantitative estimate of drug-likeness (QED) is 0.622. The standard InChI is InChI=1S/C16H20ClNO3/c1-12(2)9-10-18-15(19)11-21-16(20)8-5-13-3-6-14(17)7-4-13/h3-8,12H,9-11H2,1-2H3,(H,18,19)/b8-5+. The van der Waals surface area contributed by atoms with Gasteiger partial charge in [-0.05, 0) is 36.1 Å². The van der Waals surface area contributed by atoms with Crippen molar-refractivity contribution in [2.45, 2.75) is 20.3 Å². The fraction of sp³-hybridized carbons (Fsp3) is 0.375. The Morgan fingerprint density at radius 3 is 2.57 bits per heavy atom. The first kappa shape index (κ1) is 17.2. The van der Waals surface area contributed by atoms with Crippen molar-refractivity contribution in [2.24, 2.45) is 5.92 Å². The summed E-state index contributed by atoms with van der Waals surface area (Å²) >= 11 is 5.76. The van der Waals surface area contributed by atoms with Crippen LogP contribution in [0.3, 0.4) is 0 Å². The molecule has 5 heteroatoms. The third kappa shape index (κ3) is 8.15. The molecule has 0 heterocycles. The highest BCUT2D eigenvalue weighted by Crippen LogP contribution is 2.10. The topological polar surface area (TPSA) is 55.4 Å². The van der Waals surface area contributed by atoms with E-state index in [1.54, 1.807) is 30.3 Å². The van der Waals surface area contributed by atoms with Gasteiger partial charge in [0.25, 0.3) is 5.91 Å². The van der Waals surface area contributed by atoms with E-state index in [1.807, 2.05) is 0 Å². The van der Waals surface area contributed by atoms with Gasteiger partial charge in [0.2, 0.25) is 0 Å². The van der Waals surface area contributed by atoms with Crippen molar-refractivity contribution in [2.75, 3.05) is 13.2 Å². The summed E-state index contributed by atoms with van der Waals surface area (Å²) in [7, 11) is 0. The molecular weight excluding hydrogens is 290 g/mol. The number of nitrogens with one attached hydrogen (secondary N) is 1. The molecule has 1 aromatic rings. The fourth-order valence-corrected chi connectivity index (χ4v) is 1.60. The Kier molecular flexibility index (Phi) is 7.54. The number of hydrogen-bond acceptors (Lipinski definition) is 3. The van der Waals surface area contributed by atoms with Crippen molar-refractivity contribution in [3.63, 3.8) is 0 Å². The lowest BCUT2D eigenvalue weighted by atomic mass is 10.1. The second-order valence-corrected chi connectivity index (χ2v) is 5.46. The maximum Gasteiger partial charge on any atom is 0.331 e. The van der Waals surface area contributed by atoms with Crippen molar-refractivity contribution in [1.29, 1.82) is 0 Å². The van der Waals surface area contributed by atoms with Crippen LogP contribution in [0.25, 0.3) is 6.08 Å². The van der Waals surface area contributed by atoms with Crippen molar-refractivity contribution in [3.8, 4) is 0 Å². The predicted molar refractivity (Wildman–Crippen MR) is 83.9 cm³/mol. The highest BCUT2D eigenvalue weighted by molar-refractivity contribution is 6.30. The van der Waals surface area contributed by atoms with E-state index in [9.17, 15) is 9.59 Å². The van der Waals surface area contributed by atoms with Crippen LogP contribution in [0.5, 0.6) is 0 Å². The van der Waals surface area contributed by atoms with Gasteiger partial charge in [-0.25, -0.2) is 4.79 Å². The Hall–Kier alpha value is -1.81. The number of hydrogen-bond donors (Lipinski definition) is 1. The lowest BCUT2D eigenvalue weighted by Gasteiger charge is -2.06. The summed E-state index contributed by atoms with van der Waals surface area (Å²) in [6.07, 6.45) is 3.79. The fourth-order valence-electron chi connectivity index (χ4n) is 1.47. The zero-order valence-electron chi connectivity index (χ0n) is 12.3. The van der Waals surface area contributed by atoms with Crippen LogP contribution < -0.4 is 5.32 Å². The van der Waals surface area contributed by atoms with E-state index in [2.05, 4.69) is 19.2 Å². The van der Waals surface area contributed by atoms with Gasteiger partial charge in [-0.3, -0.25) is 4.79 Å². The molecule has 0 radical (unpaired) electrons. The Balaban J connectivity index is 2.27. The van der Waals surface area contributed by atoms with E-state index in [1.165, 1.54) is 6.08 Å². The Morgan fingerprint density at radius 2 is 1.95 bits per heavy atom. The van der Waals surface area contributed by atoms with E-state index < -0.39 is 5.97 Å². The highest BCUT2D eigenvalue weighted by atomic mass is 35.5. The summed E-state index contributed by atoms with van der Waals surface area (Å²) in [6, 6.07) is 7.03. The summed E-state index contributed by atoms with van der Waals surface area (Å²) in [5, 5.41) is 3.33. The maximum atomic E-state index is 11.5. The molecule has 0 aromatic heterocycles. The van der Waals surface area contributed by atoms with Gasteiger partial charge in [-0.1, -0.05) is 37.6 Å². The Labute approximate surface area is 130 Å². The molecule has 0 aliphatic rings. The molecule has 4 nitrogen and oxygen atoms in total. The molecule has 1 N–H and O–H groups in total. The summed E-state index contributed by atoms with van der Waals surface area (Å²) in [5.74, 6) is -0.317. The van der Waals surface area contributed by atoms with Crippen molar-refractivity contribution in [1.82, 2.24) is 5.32 Å². The van der Waals surface area contributed by atoms with E-state index in [0.29, 0.717) is 17.5 Å². The molecule has 0 atom stereocenters. The average Bonchev–Trinajstić information content (AvgIpc) is 2.44. The summed E-state index contributed by atoms with van der Waals surface area (Å²) in [5.41, 5.74) is 0.831. The average molecular weight is 310 g/mol. The molecule has 0 fully saturated rings. The van der Waals surface area contributed by atoms with E-state index in [0.717, 1.165) is 12.0 Å². The molecule has 0 aliphatic carbocycles. The minimum absolute atomic E-state index is 0.262. The van der Waals surface area contributed by atoms with Crippen molar-refractivity contribution < 1.29 is 14.3 Å². The summed E-state index contributed by atoms with van der Waals surface area (Å²) < 4.78 is 4.84. The van der Waals surface area contributed by atoms with Crippen LogP contribution >= 0.6 is 11.6 Å². The minimum Gasteiger partial charge on any atom is -0.452 e. The molecule has 0 saturated heterocycles. The number of esters is 1.